The van der Waals surface area contributed by atoms with Crippen LogP contribution in [0, 0.1) is 5.82 Å². The number of hydrogen-bond donors (Lipinski definition) is 0. The number of nitrogens with zero attached hydrogens (tertiary/aromatic N) is 1. The molecule has 28 heavy (non-hydrogen) atoms. The molecule has 0 N–H and O–H groups in total. The first-order valence-corrected chi connectivity index (χ1v) is 8.94. The Bertz CT molecular complexity index is 918. The topological polar surface area (TPSA) is 65.1 Å². The third-order valence-corrected chi connectivity index (χ3v) is 4.78. The van der Waals surface area contributed by atoms with E-state index in [2.05, 4.69) is 0 Å². The molecule has 1 aliphatic heterocycles. The Hall–Kier alpha value is -2.80. The average Bonchev–Trinajstić information content (AvgIpc) is 2.70. The van der Waals surface area contributed by atoms with E-state index in [1.807, 2.05) is 12.1 Å². The Morgan fingerprint density at radius 2 is 1.79 bits per heavy atom. The van der Waals surface area contributed by atoms with Crippen molar-refractivity contribution < 1.29 is 28.2 Å². The summed E-state index contributed by atoms with van der Waals surface area (Å²) >= 11 is 5.66. The second-order valence-electron chi connectivity index (χ2n) is 6.24. The Balaban J connectivity index is 1.64. The fourth-order valence-corrected chi connectivity index (χ4v) is 3.21. The summed E-state index contributed by atoms with van der Waals surface area (Å²) in [5, 5.41) is 0.171. The molecule has 8 heteroatoms. The number of halogens is 2. The van der Waals surface area contributed by atoms with Crippen LogP contribution >= 0.6 is 11.6 Å². The molecule has 0 radical (unpaired) electrons. The zero-order valence-electron chi connectivity index (χ0n) is 15.5. The van der Waals surface area contributed by atoms with Gasteiger partial charge in [-0.25, -0.2) is 9.18 Å². The predicted molar refractivity (Wildman–Crippen MR) is 100 cm³/mol. The quantitative estimate of drug-likeness (QED) is 0.712. The van der Waals surface area contributed by atoms with Gasteiger partial charge in [0, 0.05) is 18.1 Å². The lowest BCUT2D eigenvalue weighted by atomic mass is 9.99. The number of benzene rings is 2. The predicted octanol–water partition coefficient (Wildman–Crippen LogP) is 3.24. The van der Waals surface area contributed by atoms with Crippen molar-refractivity contribution in [2.24, 2.45) is 0 Å². The molecular weight excluding hydrogens is 389 g/mol. The lowest BCUT2D eigenvalue weighted by Crippen LogP contribution is -2.38. The Kier molecular flexibility index (Phi) is 6.04. The molecule has 0 saturated heterocycles. The van der Waals surface area contributed by atoms with Crippen molar-refractivity contribution in [1.29, 1.82) is 0 Å². The summed E-state index contributed by atoms with van der Waals surface area (Å²) in [6, 6.07) is 7.36. The van der Waals surface area contributed by atoms with Crippen molar-refractivity contribution in [2.45, 2.75) is 13.0 Å². The van der Waals surface area contributed by atoms with Crippen LogP contribution in [0.5, 0.6) is 11.5 Å². The molecule has 3 rings (SSSR count). The van der Waals surface area contributed by atoms with E-state index in [1.54, 1.807) is 19.1 Å². The maximum Gasteiger partial charge on any atom is 0.341 e. The molecule has 2 aromatic carbocycles. The molecule has 1 heterocycles. The van der Waals surface area contributed by atoms with Gasteiger partial charge in [0.2, 0.25) is 0 Å². The minimum absolute atomic E-state index is 0.171. The maximum absolute atomic E-state index is 13.8. The highest BCUT2D eigenvalue weighted by molar-refractivity contribution is 6.30. The molecule has 1 amide bonds. The third kappa shape index (κ3) is 4.20. The number of methoxy groups -OCH3 is 2. The SMILES string of the molecule is COc1cc2c(cc1OC)CN(C(=O)COC(=O)c1ccc(Cl)cc1F)CC2. The largest absolute Gasteiger partial charge is 0.493 e. The third-order valence-electron chi connectivity index (χ3n) is 4.55. The molecule has 0 unspecified atom stereocenters. The smallest absolute Gasteiger partial charge is 0.341 e. The molecule has 0 fully saturated rings. The highest BCUT2D eigenvalue weighted by Crippen LogP contribution is 2.33. The van der Waals surface area contributed by atoms with Gasteiger partial charge in [-0.15, -0.1) is 0 Å². The molecule has 0 spiro atoms. The summed E-state index contributed by atoms with van der Waals surface area (Å²) < 4.78 is 29.4. The van der Waals surface area contributed by atoms with Crippen LogP contribution in [-0.2, 0) is 22.5 Å². The molecule has 0 bridgehead atoms. The summed E-state index contributed by atoms with van der Waals surface area (Å²) in [5.41, 5.74) is 1.74. The second-order valence-corrected chi connectivity index (χ2v) is 6.68. The number of amides is 1. The lowest BCUT2D eigenvalue weighted by molar-refractivity contribution is -0.135. The molecule has 2 aromatic rings. The van der Waals surface area contributed by atoms with Crippen molar-refractivity contribution in [3.05, 3.63) is 57.9 Å². The fourth-order valence-electron chi connectivity index (χ4n) is 3.05. The summed E-state index contributed by atoms with van der Waals surface area (Å²) in [7, 11) is 3.12. The maximum atomic E-state index is 13.8. The molecule has 0 aliphatic carbocycles. The van der Waals surface area contributed by atoms with Crippen LogP contribution in [0.3, 0.4) is 0 Å². The summed E-state index contributed by atoms with van der Waals surface area (Å²) in [6.45, 7) is 0.374. The van der Waals surface area contributed by atoms with Gasteiger partial charge in [-0.05, 0) is 47.9 Å². The van der Waals surface area contributed by atoms with Crippen molar-refractivity contribution in [1.82, 2.24) is 4.90 Å². The summed E-state index contributed by atoms with van der Waals surface area (Å²) in [6.07, 6.45) is 0.640. The van der Waals surface area contributed by atoms with Gasteiger partial charge in [0.1, 0.15) is 5.82 Å². The van der Waals surface area contributed by atoms with E-state index in [0.717, 1.165) is 17.2 Å². The molecule has 0 atom stereocenters. The van der Waals surface area contributed by atoms with E-state index in [-0.39, 0.29) is 16.5 Å². The van der Waals surface area contributed by atoms with Crippen LogP contribution < -0.4 is 9.47 Å². The van der Waals surface area contributed by atoms with Crippen LogP contribution in [0.1, 0.15) is 21.5 Å². The van der Waals surface area contributed by atoms with Gasteiger partial charge >= 0.3 is 5.97 Å². The highest BCUT2D eigenvalue weighted by atomic mass is 35.5. The first kappa shape index (κ1) is 19.9. The molecule has 148 valence electrons. The van der Waals surface area contributed by atoms with Gasteiger partial charge in [0.15, 0.2) is 18.1 Å². The normalized spacial score (nSPS) is 12.9. The fraction of sp³-hybridized carbons (Fsp3) is 0.300. The molecular formula is C20H19ClFNO5. The Morgan fingerprint density at radius 3 is 2.43 bits per heavy atom. The number of carbonyl (C=O) groups excluding carboxylic acids is 2. The number of esters is 1. The van der Waals surface area contributed by atoms with E-state index < -0.39 is 18.4 Å². The molecule has 1 aliphatic rings. The van der Waals surface area contributed by atoms with Crippen LogP contribution in [0.25, 0.3) is 0 Å². The van der Waals surface area contributed by atoms with Gasteiger partial charge in [0.25, 0.3) is 5.91 Å². The molecule has 6 nitrogen and oxygen atoms in total. The standard InChI is InChI=1S/C20H19ClFNO5/c1-26-17-7-12-5-6-23(10-13(12)8-18(17)27-2)19(24)11-28-20(25)15-4-3-14(21)9-16(15)22/h3-4,7-9H,5-6,10-11H2,1-2H3. The lowest BCUT2D eigenvalue weighted by Gasteiger charge is -2.29. The van der Waals surface area contributed by atoms with Gasteiger partial charge in [-0.3, -0.25) is 4.79 Å². The highest BCUT2D eigenvalue weighted by Gasteiger charge is 2.24. The van der Waals surface area contributed by atoms with Crippen LogP contribution in [0.15, 0.2) is 30.3 Å². The first-order valence-electron chi connectivity index (χ1n) is 8.56. The van der Waals surface area contributed by atoms with E-state index in [0.29, 0.717) is 31.0 Å². The van der Waals surface area contributed by atoms with Crippen molar-refractivity contribution >= 4 is 23.5 Å². The zero-order chi connectivity index (χ0) is 20.3. The Morgan fingerprint density at radius 1 is 1.11 bits per heavy atom. The number of rotatable bonds is 5. The van der Waals surface area contributed by atoms with Crippen LogP contribution in [-0.4, -0.2) is 44.1 Å². The monoisotopic (exact) mass is 407 g/mol. The van der Waals surface area contributed by atoms with Crippen molar-refractivity contribution in [3.63, 3.8) is 0 Å². The minimum Gasteiger partial charge on any atom is -0.493 e. The Labute approximate surface area is 166 Å². The van der Waals surface area contributed by atoms with Crippen LogP contribution in [0.2, 0.25) is 5.02 Å². The summed E-state index contributed by atoms with van der Waals surface area (Å²) in [5.74, 6) is -0.840. The van der Waals surface area contributed by atoms with Crippen molar-refractivity contribution in [3.8, 4) is 11.5 Å². The van der Waals surface area contributed by atoms with E-state index >= 15 is 0 Å². The minimum atomic E-state index is -0.911. The van der Waals surface area contributed by atoms with Crippen molar-refractivity contribution in [2.75, 3.05) is 27.4 Å². The van der Waals surface area contributed by atoms with Gasteiger partial charge in [-0.2, -0.15) is 0 Å². The van der Waals surface area contributed by atoms with Gasteiger partial charge < -0.3 is 19.1 Å². The zero-order valence-corrected chi connectivity index (χ0v) is 16.2. The molecule has 0 aromatic heterocycles. The van der Waals surface area contributed by atoms with E-state index in [1.165, 1.54) is 12.1 Å². The molecule has 0 saturated carbocycles. The second kappa shape index (κ2) is 8.48. The summed E-state index contributed by atoms with van der Waals surface area (Å²) in [4.78, 5) is 26.0. The van der Waals surface area contributed by atoms with Gasteiger partial charge in [-0.1, -0.05) is 11.6 Å². The number of hydrogen-bond acceptors (Lipinski definition) is 5. The number of carbonyl (C=O) groups is 2. The van der Waals surface area contributed by atoms with Crippen LogP contribution in [0.4, 0.5) is 4.39 Å². The average molecular weight is 408 g/mol. The number of fused-ring (bicyclic) bond motifs is 1. The van der Waals surface area contributed by atoms with E-state index in [4.69, 9.17) is 25.8 Å². The van der Waals surface area contributed by atoms with Gasteiger partial charge in [0.05, 0.1) is 19.8 Å². The number of ether oxygens (including phenoxy) is 3. The first-order chi connectivity index (χ1) is 13.4. The van der Waals surface area contributed by atoms with E-state index in [9.17, 15) is 14.0 Å².